The van der Waals surface area contributed by atoms with Gasteiger partial charge < -0.3 is 10.2 Å². The minimum Gasteiger partial charge on any atom is -0.393 e. The number of hydrogen-bond acceptors (Lipinski definition) is 2. The zero-order chi connectivity index (χ0) is 22.1. The van der Waals surface area contributed by atoms with E-state index in [0.717, 1.165) is 17.1 Å². The number of fused-ring (bicyclic) bond motifs is 1. The minimum absolute atomic E-state index is 0.385. The average molecular weight is 413 g/mol. The Bertz CT molecular complexity index is 712. The average Bonchev–Trinajstić information content (AvgIpc) is 3.04. The molecule has 3 aliphatic carbocycles. The van der Waals surface area contributed by atoms with Crippen molar-refractivity contribution >= 4 is 0 Å². The van der Waals surface area contributed by atoms with Gasteiger partial charge in [-0.2, -0.15) is 0 Å². The molecule has 0 heterocycles. The van der Waals surface area contributed by atoms with Gasteiger partial charge in [-0.05, 0) is 84.7 Å². The second-order valence-electron chi connectivity index (χ2n) is 11.0. The molecule has 2 N–H and O–H groups in total. The lowest BCUT2D eigenvalue weighted by Gasteiger charge is -2.44. The summed E-state index contributed by atoms with van der Waals surface area (Å²) in [5.41, 5.74) is 3.77. The summed E-state index contributed by atoms with van der Waals surface area (Å²) >= 11 is 0. The van der Waals surface area contributed by atoms with Crippen LogP contribution in [0.2, 0.25) is 0 Å². The van der Waals surface area contributed by atoms with Gasteiger partial charge in [0.05, 0.1) is 12.2 Å². The lowest BCUT2D eigenvalue weighted by Crippen LogP contribution is -2.35. The summed E-state index contributed by atoms with van der Waals surface area (Å²) in [6.45, 7) is 16.0. The molecule has 0 aromatic heterocycles. The summed E-state index contributed by atoms with van der Waals surface area (Å²) in [7, 11) is 0. The van der Waals surface area contributed by atoms with E-state index < -0.39 is 12.2 Å². The van der Waals surface area contributed by atoms with E-state index in [-0.39, 0.29) is 0 Å². The van der Waals surface area contributed by atoms with Gasteiger partial charge >= 0.3 is 0 Å². The van der Waals surface area contributed by atoms with E-state index in [4.69, 9.17) is 0 Å². The molecule has 7 atom stereocenters. The highest BCUT2D eigenvalue weighted by molar-refractivity contribution is 5.38. The van der Waals surface area contributed by atoms with Gasteiger partial charge in [-0.1, -0.05) is 71.1 Å². The third-order valence-corrected chi connectivity index (χ3v) is 8.71. The van der Waals surface area contributed by atoms with E-state index in [1.807, 2.05) is 0 Å². The maximum atomic E-state index is 10.1. The van der Waals surface area contributed by atoms with E-state index in [1.165, 1.54) is 32.1 Å². The van der Waals surface area contributed by atoms with Crippen molar-refractivity contribution in [1.82, 2.24) is 0 Å². The SMILES string of the molecule is C=C1/C(=C\C=C2/CCC[C@]3(C)[C@@H]([C@H](C)/C=C/[C@H](C)C(C)C)CC[C@@H]23)C[C@H](O)C[C@H]1O. The van der Waals surface area contributed by atoms with Gasteiger partial charge in [0, 0.05) is 6.42 Å². The maximum absolute atomic E-state index is 10.1. The van der Waals surface area contributed by atoms with Crippen molar-refractivity contribution in [2.24, 2.45) is 35.0 Å². The Morgan fingerprint density at radius 2 is 1.80 bits per heavy atom. The molecule has 0 unspecified atom stereocenters. The molecule has 3 rings (SSSR count). The molecule has 2 nitrogen and oxygen atoms in total. The molecular formula is C28H44O2. The summed E-state index contributed by atoms with van der Waals surface area (Å²) in [5.74, 6) is 3.38. The summed E-state index contributed by atoms with van der Waals surface area (Å²) in [4.78, 5) is 0. The fraction of sp³-hybridized carbons (Fsp3) is 0.714. The van der Waals surface area contributed by atoms with Crippen LogP contribution in [-0.2, 0) is 0 Å². The molecular weight excluding hydrogens is 368 g/mol. The Hall–Kier alpha value is -1.12. The second kappa shape index (κ2) is 9.57. The van der Waals surface area contributed by atoms with E-state index in [0.29, 0.717) is 41.9 Å². The Morgan fingerprint density at radius 3 is 2.50 bits per heavy atom. The molecule has 3 aliphatic rings. The topological polar surface area (TPSA) is 40.5 Å². The molecule has 168 valence electrons. The van der Waals surface area contributed by atoms with Crippen LogP contribution in [0.15, 0.2) is 47.6 Å². The zero-order valence-electron chi connectivity index (χ0n) is 19.9. The highest BCUT2D eigenvalue weighted by atomic mass is 16.3. The molecule has 0 saturated heterocycles. The molecule has 0 aromatic rings. The van der Waals surface area contributed by atoms with Crippen LogP contribution < -0.4 is 0 Å². The number of rotatable bonds is 5. The van der Waals surface area contributed by atoms with Crippen LogP contribution in [0.1, 0.15) is 79.6 Å². The molecule has 0 amide bonds. The molecule has 3 fully saturated rings. The van der Waals surface area contributed by atoms with E-state index in [9.17, 15) is 10.2 Å². The smallest absolute Gasteiger partial charge is 0.0811 e. The molecule has 0 bridgehead atoms. The number of aliphatic hydroxyl groups excluding tert-OH is 2. The van der Waals surface area contributed by atoms with Gasteiger partial charge in [0.15, 0.2) is 0 Å². The van der Waals surface area contributed by atoms with Crippen LogP contribution in [0.4, 0.5) is 0 Å². The standard InChI is InChI=1S/C28H44O2/c1-18(2)19(3)9-10-20(4)25-13-14-26-22(8-7-15-28(25,26)6)11-12-23-16-24(29)17-27(30)21(23)5/h9-12,18-20,24-27,29-30H,5,7-8,13-17H2,1-4,6H3/b10-9+,22-11+,23-12-/t19-,20+,24-,25+,26-,27+,28+/m0/s1. The van der Waals surface area contributed by atoms with Crippen molar-refractivity contribution in [2.75, 3.05) is 0 Å². The molecule has 30 heavy (non-hydrogen) atoms. The van der Waals surface area contributed by atoms with Gasteiger partial charge in [-0.25, -0.2) is 0 Å². The number of allylic oxidation sites excluding steroid dienone is 5. The predicted molar refractivity (Wildman–Crippen MR) is 127 cm³/mol. The van der Waals surface area contributed by atoms with Gasteiger partial charge in [0.1, 0.15) is 0 Å². The Balaban J connectivity index is 1.76. The molecule has 0 radical (unpaired) electrons. The van der Waals surface area contributed by atoms with Gasteiger partial charge in [-0.3, -0.25) is 0 Å². The van der Waals surface area contributed by atoms with E-state index in [1.54, 1.807) is 5.57 Å². The van der Waals surface area contributed by atoms with Gasteiger partial charge in [0.25, 0.3) is 0 Å². The Kier molecular flexibility index (Phi) is 7.51. The van der Waals surface area contributed by atoms with E-state index >= 15 is 0 Å². The lowest BCUT2D eigenvalue weighted by molar-refractivity contribution is 0.0862. The summed E-state index contributed by atoms with van der Waals surface area (Å²) in [6.07, 6.45) is 15.8. The van der Waals surface area contributed by atoms with Crippen molar-refractivity contribution < 1.29 is 10.2 Å². The van der Waals surface area contributed by atoms with Crippen LogP contribution in [0.3, 0.4) is 0 Å². The third-order valence-electron chi connectivity index (χ3n) is 8.71. The first kappa shape index (κ1) is 23.5. The largest absolute Gasteiger partial charge is 0.393 e. The normalized spacial score (nSPS) is 39.8. The fourth-order valence-corrected chi connectivity index (χ4v) is 6.32. The van der Waals surface area contributed by atoms with Crippen LogP contribution in [0.5, 0.6) is 0 Å². The van der Waals surface area contributed by atoms with Crippen molar-refractivity contribution in [3.63, 3.8) is 0 Å². The second-order valence-corrected chi connectivity index (χ2v) is 11.0. The Labute approximate surface area is 184 Å². The van der Waals surface area contributed by atoms with Crippen molar-refractivity contribution in [1.29, 1.82) is 0 Å². The lowest BCUT2D eigenvalue weighted by atomic mass is 9.61. The Morgan fingerprint density at radius 1 is 1.07 bits per heavy atom. The van der Waals surface area contributed by atoms with E-state index in [2.05, 4.69) is 65.5 Å². The first-order valence-electron chi connectivity index (χ1n) is 12.3. The highest BCUT2D eigenvalue weighted by Gasteiger charge is 2.50. The van der Waals surface area contributed by atoms with Crippen molar-refractivity contribution in [3.8, 4) is 0 Å². The highest BCUT2D eigenvalue weighted by Crippen LogP contribution is 2.59. The predicted octanol–water partition coefficient (Wildman–Crippen LogP) is 6.61. The molecule has 0 aliphatic heterocycles. The quantitative estimate of drug-likeness (QED) is 0.499. The maximum Gasteiger partial charge on any atom is 0.0811 e. The van der Waals surface area contributed by atoms with Crippen LogP contribution >= 0.6 is 0 Å². The first-order valence-corrected chi connectivity index (χ1v) is 12.3. The molecule has 0 aromatic carbocycles. The number of aliphatic hydroxyl groups is 2. The summed E-state index contributed by atoms with van der Waals surface area (Å²) in [6, 6.07) is 0. The van der Waals surface area contributed by atoms with Gasteiger partial charge in [-0.15, -0.1) is 0 Å². The molecule has 3 saturated carbocycles. The van der Waals surface area contributed by atoms with Crippen LogP contribution in [-0.4, -0.2) is 22.4 Å². The van der Waals surface area contributed by atoms with Crippen LogP contribution in [0.25, 0.3) is 0 Å². The molecule has 2 heteroatoms. The number of hydrogen-bond donors (Lipinski definition) is 2. The summed E-state index contributed by atoms with van der Waals surface area (Å²) < 4.78 is 0. The molecule has 0 spiro atoms. The van der Waals surface area contributed by atoms with Crippen molar-refractivity contribution in [2.45, 2.75) is 91.8 Å². The van der Waals surface area contributed by atoms with Gasteiger partial charge in [0.2, 0.25) is 0 Å². The monoisotopic (exact) mass is 412 g/mol. The fourth-order valence-electron chi connectivity index (χ4n) is 6.32. The minimum atomic E-state index is -0.605. The van der Waals surface area contributed by atoms with Crippen LogP contribution in [0, 0.1) is 35.0 Å². The van der Waals surface area contributed by atoms with Crippen molar-refractivity contribution in [3.05, 3.63) is 47.6 Å². The first-order chi connectivity index (χ1) is 14.1. The zero-order valence-corrected chi connectivity index (χ0v) is 19.9. The summed E-state index contributed by atoms with van der Waals surface area (Å²) in [5, 5.41) is 20.2. The third kappa shape index (κ3) is 4.86.